The molecule has 88 valence electrons. The Kier molecular flexibility index (Phi) is 4.20. The molecule has 0 aliphatic carbocycles. The molecule has 0 spiro atoms. The van der Waals surface area contributed by atoms with Crippen LogP contribution in [-0.2, 0) is 0 Å². The second-order valence-electron chi connectivity index (χ2n) is 3.02. The quantitative estimate of drug-likeness (QED) is 0.655. The third-order valence-corrected chi connectivity index (χ3v) is 2.31. The van der Waals surface area contributed by atoms with Gasteiger partial charge in [0.1, 0.15) is 10.8 Å². The molecular formula is C10H10ClF2NO2. The van der Waals surface area contributed by atoms with E-state index in [9.17, 15) is 13.6 Å². The summed E-state index contributed by atoms with van der Waals surface area (Å²) in [5.41, 5.74) is -0.170. The maximum atomic E-state index is 13.5. The van der Waals surface area contributed by atoms with E-state index in [2.05, 4.69) is 5.32 Å². The number of ether oxygens (including phenoxy) is 1. The highest BCUT2D eigenvalue weighted by Crippen LogP contribution is 2.31. The van der Waals surface area contributed by atoms with Gasteiger partial charge in [0.15, 0.2) is 17.3 Å². The number of rotatable bonds is 4. The first-order valence-corrected chi connectivity index (χ1v) is 4.80. The number of Topliss-reactive ketones (excluding diaryl/α,β-unsaturated/α-hetero) is 1. The lowest BCUT2D eigenvalue weighted by molar-refractivity contribution is 0.0989. The van der Waals surface area contributed by atoms with E-state index in [1.54, 1.807) is 7.05 Å². The first-order chi connectivity index (χ1) is 7.52. The zero-order valence-corrected chi connectivity index (χ0v) is 9.49. The largest absolute Gasteiger partial charge is 0.493 e. The van der Waals surface area contributed by atoms with Gasteiger partial charge in [0, 0.05) is 0 Å². The normalized spacial score (nSPS) is 10.3. The van der Waals surface area contributed by atoms with Gasteiger partial charge in [-0.15, -0.1) is 0 Å². The molecule has 0 amide bonds. The van der Waals surface area contributed by atoms with E-state index in [1.807, 2.05) is 0 Å². The van der Waals surface area contributed by atoms with Gasteiger partial charge in [-0.2, -0.15) is 0 Å². The lowest BCUT2D eigenvalue weighted by Gasteiger charge is -2.10. The minimum Gasteiger partial charge on any atom is -0.493 e. The molecule has 1 aromatic carbocycles. The Morgan fingerprint density at radius 1 is 1.56 bits per heavy atom. The minimum atomic E-state index is -1.07. The molecule has 16 heavy (non-hydrogen) atoms. The van der Waals surface area contributed by atoms with Crippen LogP contribution < -0.4 is 10.1 Å². The van der Waals surface area contributed by atoms with E-state index in [-0.39, 0.29) is 17.9 Å². The van der Waals surface area contributed by atoms with Crippen LogP contribution in [0.2, 0.25) is 5.02 Å². The van der Waals surface area contributed by atoms with Gasteiger partial charge in [0.05, 0.1) is 19.2 Å². The third-order valence-electron chi connectivity index (χ3n) is 1.96. The van der Waals surface area contributed by atoms with E-state index >= 15 is 0 Å². The summed E-state index contributed by atoms with van der Waals surface area (Å²) in [6.07, 6.45) is 0. The molecular weight excluding hydrogens is 240 g/mol. The molecule has 0 saturated heterocycles. The Bertz CT molecular complexity index is 424. The average molecular weight is 250 g/mol. The predicted octanol–water partition coefficient (Wildman–Crippen LogP) is 2.03. The van der Waals surface area contributed by atoms with Crippen LogP contribution in [0.25, 0.3) is 0 Å². The molecule has 0 aliphatic heterocycles. The van der Waals surface area contributed by atoms with Crippen LogP contribution in [0.5, 0.6) is 5.75 Å². The molecule has 0 heterocycles. The van der Waals surface area contributed by atoms with E-state index in [0.717, 1.165) is 6.07 Å². The summed E-state index contributed by atoms with van der Waals surface area (Å²) in [5, 5.41) is 1.91. The van der Waals surface area contributed by atoms with Crippen molar-refractivity contribution in [3.05, 3.63) is 28.3 Å². The Labute approximate surface area is 96.4 Å². The van der Waals surface area contributed by atoms with Crippen LogP contribution in [-0.4, -0.2) is 26.5 Å². The summed E-state index contributed by atoms with van der Waals surface area (Å²) in [4.78, 5) is 11.5. The fourth-order valence-corrected chi connectivity index (χ4v) is 1.38. The summed E-state index contributed by atoms with van der Waals surface area (Å²) >= 11 is 5.36. The van der Waals surface area contributed by atoms with E-state index < -0.39 is 22.4 Å². The lowest BCUT2D eigenvalue weighted by Crippen LogP contribution is -2.19. The molecule has 0 aliphatic rings. The van der Waals surface area contributed by atoms with Gasteiger partial charge >= 0.3 is 0 Å². The molecule has 6 heteroatoms. The molecule has 1 aromatic rings. The van der Waals surface area contributed by atoms with Crippen LogP contribution in [0.15, 0.2) is 6.07 Å². The van der Waals surface area contributed by atoms with E-state index in [1.165, 1.54) is 7.11 Å². The van der Waals surface area contributed by atoms with Crippen molar-refractivity contribution in [2.75, 3.05) is 20.7 Å². The summed E-state index contributed by atoms with van der Waals surface area (Å²) in [6, 6.07) is 0.865. The number of carbonyl (C=O) groups excluding carboxylic acids is 1. The van der Waals surface area contributed by atoms with Crippen LogP contribution in [0.3, 0.4) is 0 Å². The number of methoxy groups -OCH3 is 1. The zero-order valence-electron chi connectivity index (χ0n) is 8.73. The summed E-state index contributed by atoms with van der Waals surface area (Å²) in [5.74, 6) is -2.87. The van der Waals surface area contributed by atoms with Crippen LogP contribution in [0, 0.1) is 11.6 Å². The van der Waals surface area contributed by atoms with Crippen LogP contribution >= 0.6 is 11.6 Å². The second-order valence-corrected chi connectivity index (χ2v) is 3.40. The number of nitrogens with one attached hydrogen (secondary N) is 1. The second kappa shape index (κ2) is 5.23. The molecule has 0 atom stereocenters. The number of hydrogen-bond acceptors (Lipinski definition) is 3. The highest BCUT2D eigenvalue weighted by atomic mass is 35.5. The minimum absolute atomic E-state index is 0.0448. The van der Waals surface area contributed by atoms with Gasteiger partial charge in [0.25, 0.3) is 0 Å². The summed E-state index contributed by atoms with van der Waals surface area (Å²) in [6.45, 7) is -0.0448. The SMILES string of the molecule is CNCC(=O)c1cc(F)c(Cl)c(F)c1OC. The smallest absolute Gasteiger partial charge is 0.187 e. The Morgan fingerprint density at radius 3 is 2.69 bits per heavy atom. The number of ketones is 1. The molecule has 0 radical (unpaired) electrons. The van der Waals surface area contributed by atoms with Crippen molar-refractivity contribution in [3.8, 4) is 5.75 Å². The van der Waals surface area contributed by atoms with Gasteiger partial charge in [-0.1, -0.05) is 11.6 Å². The Hall–Kier alpha value is -1.20. The summed E-state index contributed by atoms with van der Waals surface area (Å²) in [7, 11) is 2.73. The number of benzene rings is 1. The number of halogens is 3. The number of hydrogen-bond donors (Lipinski definition) is 1. The van der Waals surface area contributed by atoms with Crippen molar-refractivity contribution in [2.45, 2.75) is 0 Å². The van der Waals surface area contributed by atoms with Crippen molar-refractivity contribution in [2.24, 2.45) is 0 Å². The molecule has 1 N–H and O–H groups in total. The molecule has 0 bridgehead atoms. The van der Waals surface area contributed by atoms with Gasteiger partial charge in [-0.05, 0) is 13.1 Å². The highest BCUT2D eigenvalue weighted by molar-refractivity contribution is 6.31. The first kappa shape index (κ1) is 12.9. The molecule has 0 saturated carbocycles. The molecule has 0 aromatic heterocycles. The van der Waals surface area contributed by atoms with Gasteiger partial charge in [-0.25, -0.2) is 8.78 Å². The van der Waals surface area contributed by atoms with Crippen molar-refractivity contribution >= 4 is 17.4 Å². The average Bonchev–Trinajstić information content (AvgIpc) is 2.26. The van der Waals surface area contributed by atoms with E-state index in [0.29, 0.717) is 0 Å². The van der Waals surface area contributed by atoms with Gasteiger partial charge in [0.2, 0.25) is 0 Å². The number of likely N-dealkylation sites (N-methyl/N-ethyl adjacent to an activating group) is 1. The van der Waals surface area contributed by atoms with Crippen LogP contribution in [0.1, 0.15) is 10.4 Å². The molecule has 0 fully saturated rings. The molecule has 1 rings (SSSR count). The number of carbonyl (C=O) groups is 1. The van der Waals surface area contributed by atoms with Crippen molar-refractivity contribution in [1.29, 1.82) is 0 Å². The van der Waals surface area contributed by atoms with Crippen molar-refractivity contribution in [3.63, 3.8) is 0 Å². The van der Waals surface area contributed by atoms with Crippen molar-refractivity contribution < 1.29 is 18.3 Å². The molecule has 3 nitrogen and oxygen atoms in total. The standard InChI is InChI=1S/C10H10ClF2NO2/c1-14-4-7(15)5-3-6(12)8(11)9(13)10(5)16-2/h3,14H,4H2,1-2H3. The Morgan fingerprint density at radius 2 is 2.19 bits per heavy atom. The third kappa shape index (κ3) is 2.31. The predicted molar refractivity (Wildman–Crippen MR) is 56.2 cm³/mol. The fraction of sp³-hybridized carbons (Fsp3) is 0.300. The van der Waals surface area contributed by atoms with Gasteiger partial charge < -0.3 is 10.1 Å². The van der Waals surface area contributed by atoms with E-state index in [4.69, 9.17) is 16.3 Å². The monoisotopic (exact) mass is 249 g/mol. The zero-order chi connectivity index (χ0) is 12.3. The fourth-order valence-electron chi connectivity index (χ4n) is 1.24. The maximum absolute atomic E-state index is 13.5. The highest BCUT2D eigenvalue weighted by Gasteiger charge is 2.21. The summed E-state index contributed by atoms with van der Waals surface area (Å²) < 4.78 is 31.3. The maximum Gasteiger partial charge on any atom is 0.187 e. The first-order valence-electron chi connectivity index (χ1n) is 4.42. The Balaban J connectivity index is 3.33. The van der Waals surface area contributed by atoms with Gasteiger partial charge in [-0.3, -0.25) is 4.79 Å². The lowest BCUT2D eigenvalue weighted by atomic mass is 10.1. The van der Waals surface area contributed by atoms with Crippen LogP contribution in [0.4, 0.5) is 8.78 Å². The topological polar surface area (TPSA) is 38.3 Å². The van der Waals surface area contributed by atoms with Crippen molar-refractivity contribution in [1.82, 2.24) is 5.32 Å². The molecule has 0 unspecified atom stereocenters.